The molecular weight excluding hydrogens is 296 g/mol. The molecule has 0 spiro atoms. The molecule has 114 valence electrons. The first kappa shape index (κ1) is 13.2. The Morgan fingerprint density at radius 3 is 2.74 bits per heavy atom. The largest absolute Gasteiger partial charge is 0.425 e. The van der Waals surface area contributed by atoms with E-state index in [0.29, 0.717) is 28.2 Å². The highest BCUT2D eigenvalue weighted by atomic mass is 16.5. The number of hydrogen-bond acceptors (Lipinski definition) is 7. The van der Waals surface area contributed by atoms with E-state index in [1.165, 1.54) is 0 Å². The third kappa shape index (κ3) is 1.98. The Labute approximate surface area is 130 Å². The summed E-state index contributed by atoms with van der Waals surface area (Å²) in [5, 5.41) is 18.3. The van der Waals surface area contributed by atoms with Gasteiger partial charge in [0.1, 0.15) is 23.4 Å². The Balaban J connectivity index is 1.92. The van der Waals surface area contributed by atoms with Gasteiger partial charge in [0.05, 0.1) is 5.56 Å². The molecule has 4 aromatic heterocycles. The number of nitrogen functional groups attached to an aromatic ring is 1. The molecule has 3 N–H and O–H groups in total. The molecule has 0 fully saturated rings. The first-order valence-corrected chi connectivity index (χ1v) is 6.79. The zero-order chi connectivity index (χ0) is 16.0. The molecule has 23 heavy (non-hydrogen) atoms. The summed E-state index contributed by atoms with van der Waals surface area (Å²) in [4.78, 5) is 12.8. The molecule has 0 bridgehead atoms. The zero-order valence-electron chi connectivity index (χ0n) is 12.1. The molecule has 4 rings (SSSR count). The maximum Gasteiger partial charge on any atom is 0.197 e. The third-order valence-electron chi connectivity index (χ3n) is 3.50. The van der Waals surface area contributed by atoms with Crippen LogP contribution in [0.2, 0.25) is 0 Å². The number of nitrogens with zero attached hydrogens (tertiary/aromatic N) is 7. The fourth-order valence-corrected chi connectivity index (χ4v) is 2.37. The number of rotatable bonds is 2. The summed E-state index contributed by atoms with van der Waals surface area (Å²) in [5.41, 5.74) is 7.82. The summed E-state index contributed by atoms with van der Waals surface area (Å²) in [6, 6.07) is 6.99. The van der Waals surface area contributed by atoms with Gasteiger partial charge in [0.2, 0.25) is 0 Å². The molecule has 0 atom stereocenters. The summed E-state index contributed by atoms with van der Waals surface area (Å²) in [6.07, 6.45) is 3.16. The SMILES string of the molecule is Cn1cnnc1-c1ccc2nc(-c3cccnc3N)n(O)c2n1. The van der Waals surface area contributed by atoms with Crippen molar-refractivity contribution in [2.45, 2.75) is 0 Å². The van der Waals surface area contributed by atoms with E-state index in [9.17, 15) is 5.21 Å². The maximum atomic E-state index is 10.4. The smallest absolute Gasteiger partial charge is 0.197 e. The molecule has 9 heteroatoms. The van der Waals surface area contributed by atoms with Crippen LogP contribution in [0, 0.1) is 0 Å². The first-order valence-electron chi connectivity index (χ1n) is 6.79. The van der Waals surface area contributed by atoms with Gasteiger partial charge in [-0.2, -0.15) is 0 Å². The Kier molecular flexibility index (Phi) is 2.73. The highest BCUT2D eigenvalue weighted by molar-refractivity contribution is 5.81. The van der Waals surface area contributed by atoms with Crippen molar-refractivity contribution in [3.63, 3.8) is 0 Å². The van der Waals surface area contributed by atoms with Crippen LogP contribution in [0.4, 0.5) is 5.82 Å². The lowest BCUT2D eigenvalue weighted by Gasteiger charge is -2.03. The maximum absolute atomic E-state index is 10.4. The van der Waals surface area contributed by atoms with E-state index in [4.69, 9.17) is 5.73 Å². The zero-order valence-corrected chi connectivity index (χ0v) is 12.1. The van der Waals surface area contributed by atoms with Crippen molar-refractivity contribution in [1.82, 2.24) is 34.4 Å². The van der Waals surface area contributed by atoms with Crippen LogP contribution in [0.1, 0.15) is 0 Å². The monoisotopic (exact) mass is 308 g/mol. The van der Waals surface area contributed by atoms with Crippen LogP contribution in [0.3, 0.4) is 0 Å². The van der Waals surface area contributed by atoms with Gasteiger partial charge in [-0.25, -0.2) is 15.0 Å². The van der Waals surface area contributed by atoms with Crippen LogP contribution in [0.15, 0.2) is 36.8 Å². The molecule has 0 radical (unpaired) electrons. The molecule has 9 nitrogen and oxygen atoms in total. The van der Waals surface area contributed by atoms with Gasteiger partial charge in [-0.15, -0.1) is 14.9 Å². The summed E-state index contributed by atoms with van der Waals surface area (Å²) < 4.78 is 2.65. The quantitative estimate of drug-likeness (QED) is 0.532. The van der Waals surface area contributed by atoms with Crippen LogP contribution in [0.25, 0.3) is 34.1 Å². The lowest BCUT2D eigenvalue weighted by atomic mass is 10.2. The molecule has 0 aliphatic heterocycles. The van der Waals surface area contributed by atoms with Crippen molar-refractivity contribution in [1.29, 1.82) is 0 Å². The number of fused-ring (bicyclic) bond motifs is 1. The second-order valence-electron chi connectivity index (χ2n) is 4.99. The van der Waals surface area contributed by atoms with E-state index >= 15 is 0 Å². The summed E-state index contributed by atoms with van der Waals surface area (Å²) in [7, 11) is 1.82. The molecule has 0 aliphatic rings. The second-order valence-corrected chi connectivity index (χ2v) is 4.99. The van der Waals surface area contributed by atoms with Gasteiger partial charge in [-0.3, -0.25) is 0 Å². The highest BCUT2D eigenvalue weighted by Crippen LogP contribution is 2.27. The summed E-state index contributed by atoms with van der Waals surface area (Å²) in [5.74, 6) is 1.16. The average Bonchev–Trinajstić information content (AvgIpc) is 3.12. The fourth-order valence-electron chi connectivity index (χ4n) is 2.37. The van der Waals surface area contributed by atoms with Crippen LogP contribution in [0.5, 0.6) is 0 Å². The molecule has 0 aliphatic carbocycles. The summed E-state index contributed by atoms with van der Waals surface area (Å²) >= 11 is 0. The number of pyridine rings is 2. The van der Waals surface area contributed by atoms with Gasteiger partial charge in [0, 0.05) is 13.2 Å². The van der Waals surface area contributed by atoms with Gasteiger partial charge >= 0.3 is 0 Å². The van der Waals surface area contributed by atoms with Crippen molar-refractivity contribution in [2.24, 2.45) is 7.05 Å². The predicted octanol–water partition coefficient (Wildman–Crippen LogP) is 1.11. The number of imidazole rings is 1. The Bertz CT molecular complexity index is 1020. The van der Waals surface area contributed by atoms with Gasteiger partial charge < -0.3 is 15.5 Å². The molecule has 4 heterocycles. The van der Waals surface area contributed by atoms with E-state index in [0.717, 1.165) is 4.73 Å². The van der Waals surface area contributed by atoms with E-state index in [1.807, 2.05) is 7.05 Å². The Hall–Kier alpha value is -3.49. The number of hydrogen-bond donors (Lipinski definition) is 2. The topological polar surface area (TPSA) is 121 Å². The van der Waals surface area contributed by atoms with Crippen LogP contribution < -0.4 is 5.73 Å². The first-order chi connectivity index (χ1) is 11.1. The van der Waals surface area contributed by atoms with E-state index in [2.05, 4.69) is 25.1 Å². The molecule has 0 saturated heterocycles. The third-order valence-corrected chi connectivity index (χ3v) is 3.50. The molecule has 0 aromatic carbocycles. The van der Waals surface area contributed by atoms with Gasteiger partial charge in [-0.05, 0) is 24.3 Å². The fraction of sp³-hybridized carbons (Fsp3) is 0.0714. The molecule has 0 amide bonds. The van der Waals surface area contributed by atoms with Crippen LogP contribution >= 0.6 is 0 Å². The molecular formula is C14H12N8O. The Morgan fingerprint density at radius 1 is 1.13 bits per heavy atom. The van der Waals surface area contributed by atoms with E-state index in [1.54, 1.807) is 41.4 Å². The molecule has 4 aromatic rings. The highest BCUT2D eigenvalue weighted by Gasteiger charge is 2.17. The lowest BCUT2D eigenvalue weighted by Crippen LogP contribution is -2.00. The van der Waals surface area contributed by atoms with Crippen molar-refractivity contribution < 1.29 is 5.21 Å². The predicted molar refractivity (Wildman–Crippen MR) is 82.4 cm³/mol. The standard InChI is InChI=1S/C14H12N8O/c1-21-7-17-20-14(21)10-5-4-9-13(19-10)22(23)12(18-9)8-3-2-6-16-11(8)15/h2-7,23H,1H3,(H2,15,16). The minimum atomic E-state index is 0.284. The van der Waals surface area contributed by atoms with Crippen molar-refractivity contribution >= 4 is 17.0 Å². The second kappa shape index (κ2) is 4.77. The van der Waals surface area contributed by atoms with Crippen molar-refractivity contribution in [3.8, 4) is 22.9 Å². The minimum Gasteiger partial charge on any atom is -0.425 e. The minimum absolute atomic E-state index is 0.284. The Morgan fingerprint density at radius 2 is 2.00 bits per heavy atom. The summed E-state index contributed by atoms with van der Waals surface area (Å²) in [6.45, 7) is 0. The average molecular weight is 308 g/mol. The molecule has 0 unspecified atom stereocenters. The number of aryl methyl sites for hydroxylation is 1. The van der Waals surface area contributed by atoms with Gasteiger partial charge in [0.15, 0.2) is 17.3 Å². The number of anilines is 1. The van der Waals surface area contributed by atoms with Crippen LogP contribution in [-0.4, -0.2) is 39.7 Å². The van der Waals surface area contributed by atoms with E-state index < -0.39 is 0 Å². The van der Waals surface area contributed by atoms with Gasteiger partial charge in [-0.1, -0.05) is 0 Å². The number of aromatic nitrogens is 7. The van der Waals surface area contributed by atoms with Gasteiger partial charge in [0.25, 0.3) is 0 Å². The number of nitrogens with two attached hydrogens (primary N) is 1. The van der Waals surface area contributed by atoms with Crippen molar-refractivity contribution in [2.75, 3.05) is 5.73 Å². The van der Waals surface area contributed by atoms with E-state index in [-0.39, 0.29) is 11.6 Å². The normalized spacial score (nSPS) is 11.2. The molecule has 0 saturated carbocycles. The van der Waals surface area contributed by atoms with Crippen molar-refractivity contribution in [3.05, 3.63) is 36.8 Å². The van der Waals surface area contributed by atoms with Crippen LogP contribution in [-0.2, 0) is 7.05 Å². The lowest BCUT2D eigenvalue weighted by molar-refractivity contribution is 0.201.